The first-order chi connectivity index (χ1) is 9.63. The van der Waals surface area contributed by atoms with E-state index in [1.54, 1.807) is 4.68 Å². The van der Waals surface area contributed by atoms with E-state index < -0.39 is 0 Å². The lowest BCUT2D eigenvalue weighted by atomic mass is 9.90. The van der Waals surface area contributed by atoms with Crippen LogP contribution in [0.15, 0.2) is 36.7 Å². The predicted octanol–water partition coefficient (Wildman–Crippen LogP) is 1.75. The average Bonchev–Trinajstić information content (AvgIpc) is 2.93. The lowest BCUT2D eigenvalue weighted by Gasteiger charge is -2.19. The van der Waals surface area contributed by atoms with E-state index in [1.165, 1.54) is 6.33 Å². The van der Waals surface area contributed by atoms with Crippen LogP contribution in [0.4, 0.5) is 0 Å². The van der Waals surface area contributed by atoms with Crippen LogP contribution in [0, 0.1) is 5.92 Å². The SMILES string of the molecule is CCn1ncnc1CC(=O)C(C)C(N)c1ccccc1. The van der Waals surface area contributed by atoms with Crippen molar-refractivity contribution in [2.45, 2.75) is 32.9 Å². The number of Topliss-reactive ketones (excluding diaryl/α,β-unsaturated/α-hetero) is 1. The molecule has 2 aromatic rings. The number of hydrogen-bond donors (Lipinski definition) is 1. The Labute approximate surface area is 118 Å². The molecule has 0 fully saturated rings. The summed E-state index contributed by atoms with van der Waals surface area (Å²) in [6.45, 7) is 4.55. The summed E-state index contributed by atoms with van der Waals surface area (Å²) < 4.78 is 1.73. The molecule has 106 valence electrons. The number of nitrogens with two attached hydrogens (primary N) is 1. The maximum absolute atomic E-state index is 12.3. The molecule has 2 N–H and O–H groups in total. The van der Waals surface area contributed by atoms with Crippen LogP contribution >= 0.6 is 0 Å². The predicted molar refractivity (Wildman–Crippen MR) is 76.9 cm³/mol. The fraction of sp³-hybridized carbons (Fsp3) is 0.400. The Hall–Kier alpha value is -2.01. The molecule has 2 unspecified atom stereocenters. The van der Waals surface area contributed by atoms with Gasteiger partial charge in [0.05, 0.1) is 6.42 Å². The molecule has 5 nitrogen and oxygen atoms in total. The number of ketones is 1. The number of aryl methyl sites for hydroxylation is 1. The monoisotopic (exact) mass is 272 g/mol. The highest BCUT2D eigenvalue weighted by Gasteiger charge is 2.23. The highest BCUT2D eigenvalue weighted by molar-refractivity contribution is 5.83. The molecule has 0 bridgehead atoms. The Bertz CT molecular complexity index is 564. The first-order valence-electron chi connectivity index (χ1n) is 6.83. The fourth-order valence-electron chi connectivity index (χ4n) is 2.17. The van der Waals surface area contributed by atoms with E-state index in [0.29, 0.717) is 12.4 Å². The number of carbonyl (C=O) groups excluding carboxylic acids is 1. The smallest absolute Gasteiger partial charge is 0.145 e. The summed E-state index contributed by atoms with van der Waals surface area (Å²) in [5, 5.41) is 4.07. The second kappa shape index (κ2) is 6.43. The first-order valence-corrected chi connectivity index (χ1v) is 6.83. The molecule has 1 aromatic carbocycles. The van der Waals surface area contributed by atoms with E-state index in [-0.39, 0.29) is 24.2 Å². The van der Waals surface area contributed by atoms with Gasteiger partial charge in [0.2, 0.25) is 0 Å². The zero-order chi connectivity index (χ0) is 14.5. The molecule has 0 aliphatic heterocycles. The van der Waals surface area contributed by atoms with Gasteiger partial charge in [-0.3, -0.25) is 4.79 Å². The van der Waals surface area contributed by atoms with Gasteiger partial charge in [0, 0.05) is 18.5 Å². The quantitative estimate of drug-likeness (QED) is 0.869. The topological polar surface area (TPSA) is 73.8 Å². The van der Waals surface area contributed by atoms with Crippen molar-refractivity contribution in [2.75, 3.05) is 0 Å². The summed E-state index contributed by atoms with van der Waals surface area (Å²) in [6.07, 6.45) is 1.75. The standard InChI is InChI=1S/C15H20N4O/c1-3-19-14(17-10-18-19)9-13(20)11(2)15(16)12-7-5-4-6-8-12/h4-8,10-11,15H,3,9,16H2,1-2H3. The summed E-state index contributed by atoms with van der Waals surface area (Å²) in [4.78, 5) is 16.5. The van der Waals surface area contributed by atoms with Crippen molar-refractivity contribution in [2.24, 2.45) is 11.7 Å². The average molecular weight is 272 g/mol. The van der Waals surface area contributed by atoms with Crippen LogP contribution in [0.2, 0.25) is 0 Å². The van der Waals surface area contributed by atoms with E-state index in [2.05, 4.69) is 10.1 Å². The molecule has 5 heteroatoms. The molecular formula is C15H20N4O. The number of aromatic nitrogens is 3. The molecule has 0 aliphatic rings. The largest absolute Gasteiger partial charge is 0.323 e. The number of rotatable bonds is 6. The zero-order valence-corrected chi connectivity index (χ0v) is 11.9. The molecule has 1 heterocycles. The van der Waals surface area contributed by atoms with Crippen molar-refractivity contribution in [3.63, 3.8) is 0 Å². The third-order valence-corrected chi connectivity index (χ3v) is 3.56. The minimum absolute atomic E-state index is 0.0871. The molecule has 0 saturated carbocycles. The summed E-state index contributed by atoms with van der Waals surface area (Å²) in [6, 6.07) is 9.40. The van der Waals surface area contributed by atoms with Crippen LogP contribution in [0.1, 0.15) is 31.3 Å². The van der Waals surface area contributed by atoms with Gasteiger partial charge >= 0.3 is 0 Å². The Morgan fingerprint density at radius 2 is 2.05 bits per heavy atom. The van der Waals surface area contributed by atoms with Crippen LogP contribution in [0.25, 0.3) is 0 Å². The van der Waals surface area contributed by atoms with Crippen molar-refractivity contribution >= 4 is 5.78 Å². The maximum atomic E-state index is 12.3. The van der Waals surface area contributed by atoms with Crippen molar-refractivity contribution in [3.8, 4) is 0 Å². The van der Waals surface area contributed by atoms with Gasteiger partial charge in [-0.2, -0.15) is 5.10 Å². The molecule has 20 heavy (non-hydrogen) atoms. The van der Waals surface area contributed by atoms with Gasteiger partial charge in [-0.1, -0.05) is 37.3 Å². The first kappa shape index (κ1) is 14.4. The van der Waals surface area contributed by atoms with E-state index in [0.717, 1.165) is 5.56 Å². The maximum Gasteiger partial charge on any atom is 0.145 e. The third kappa shape index (κ3) is 3.11. The Morgan fingerprint density at radius 3 is 2.70 bits per heavy atom. The van der Waals surface area contributed by atoms with Gasteiger partial charge in [0.15, 0.2) is 0 Å². The summed E-state index contributed by atoms with van der Waals surface area (Å²) in [7, 11) is 0. The van der Waals surface area contributed by atoms with E-state index in [1.807, 2.05) is 44.2 Å². The van der Waals surface area contributed by atoms with Gasteiger partial charge in [0.1, 0.15) is 17.9 Å². The normalized spacial score (nSPS) is 13.9. The van der Waals surface area contributed by atoms with Crippen LogP contribution in [0.3, 0.4) is 0 Å². The minimum Gasteiger partial charge on any atom is -0.323 e. The van der Waals surface area contributed by atoms with E-state index >= 15 is 0 Å². The van der Waals surface area contributed by atoms with Crippen molar-refractivity contribution in [1.29, 1.82) is 0 Å². The van der Waals surface area contributed by atoms with E-state index in [4.69, 9.17) is 5.73 Å². The summed E-state index contributed by atoms with van der Waals surface area (Å²) in [5.74, 6) is 0.535. The molecule has 1 aromatic heterocycles. The summed E-state index contributed by atoms with van der Waals surface area (Å²) >= 11 is 0. The van der Waals surface area contributed by atoms with Gasteiger partial charge < -0.3 is 5.73 Å². The lowest BCUT2D eigenvalue weighted by Crippen LogP contribution is -2.28. The van der Waals surface area contributed by atoms with Gasteiger partial charge in [0.25, 0.3) is 0 Å². The van der Waals surface area contributed by atoms with Crippen LogP contribution in [-0.2, 0) is 17.8 Å². The van der Waals surface area contributed by atoms with Gasteiger partial charge in [-0.05, 0) is 12.5 Å². The zero-order valence-electron chi connectivity index (χ0n) is 11.9. The number of carbonyl (C=O) groups is 1. The second-order valence-electron chi connectivity index (χ2n) is 4.86. The summed E-state index contributed by atoms with van der Waals surface area (Å²) in [5.41, 5.74) is 7.15. The van der Waals surface area contributed by atoms with Crippen LogP contribution in [-0.4, -0.2) is 20.5 Å². The van der Waals surface area contributed by atoms with Crippen molar-refractivity contribution in [1.82, 2.24) is 14.8 Å². The Balaban J connectivity index is 2.05. The molecule has 0 amide bonds. The second-order valence-corrected chi connectivity index (χ2v) is 4.86. The fourth-order valence-corrected chi connectivity index (χ4v) is 2.17. The third-order valence-electron chi connectivity index (χ3n) is 3.56. The highest BCUT2D eigenvalue weighted by atomic mass is 16.1. The van der Waals surface area contributed by atoms with Gasteiger partial charge in [-0.15, -0.1) is 0 Å². The van der Waals surface area contributed by atoms with E-state index in [9.17, 15) is 4.79 Å². The molecule has 0 aliphatic carbocycles. The highest BCUT2D eigenvalue weighted by Crippen LogP contribution is 2.20. The molecule has 0 spiro atoms. The lowest BCUT2D eigenvalue weighted by molar-refractivity contribution is -0.122. The molecular weight excluding hydrogens is 252 g/mol. The molecule has 0 saturated heterocycles. The van der Waals surface area contributed by atoms with Crippen LogP contribution < -0.4 is 5.73 Å². The van der Waals surface area contributed by atoms with Gasteiger partial charge in [-0.25, -0.2) is 9.67 Å². The Kier molecular flexibility index (Phi) is 4.63. The van der Waals surface area contributed by atoms with Crippen LogP contribution in [0.5, 0.6) is 0 Å². The Morgan fingerprint density at radius 1 is 1.35 bits per heavy atom. The molecule has 2 atom stereocenters. The number of hydrogen-bond acceptors (Lipinski definition) is 4. The number of benzene rings is 1. The number of nitrogens with zero attached hydrogens (tertiary/aromatic N) is 3. The minimum atomic E-state index is -0.290. The van der Waals surface area contributed by atoms with Crippen molar-refractivity contribution in [3.05, 3.63) is 48.0 Å². The van der Waals surface area contributed by atoms with Crippen molar-refractivity contribution < 1.29 is 4.79 Å². The molecule has 2 rings (SSSR count). The molecule has 0 radical (unpaired) electrons.